The molecule has 17 heavy (non-hydrogen) atoms. The van der Waals surface area contributed by atoms with Crippen LogP contribution in [-0.2, 0) is 13.0 Å². The second-order valence-electron chi connectivity index (χ2n) is 3.98. The van der Waals surface area contributed by atoms with Gasteiger partial charge in [-0.15, -0.1) is 0 Å². The van der Waals surface area contributed by atoms with Gasteiger partial charge in [0.1, 0.15) is 17.1 Å². The third-order valence-corrected chi connectivity index (χ3v) is 2.85. The Hall–Kier alpha value is -1.48. The van der Waals surface area contributed by atoms with E-state index in [-0.39, 0.29) is 0 Å². The van der Waals surface area contributed by atoms with Crippen molar-refractivity contribution in [1.29, 1.82) is 0 Å². The van der Waals surface area contributed by atoms with Crippen LogP contribution < -0.4 is 10.1 Å². The van der Waals surface area contributed by atoms with Crippen LogP contribution >= 0.6 is 0 Å². The van der Waals surface area contributed by atoms with E-state index in [1.54, 1.807) is 0 Å². The van der Waals surface area contributed by atoms with Gasteiger partial charge >= 0.3 is 0 Å². The number of hydrogen-bond acceptors (Lipinski definition) is 3. The molecule has 1 aromatic heterocycles. The van der Waals surface area contributed by atoms with Gasteiger partial charge in [-0.1, -0.05) is 6.92 Å². The first-order chi connectivity index (χ1) is 8.30. The Balaban J connectivity index is 2.50. The molecule has 2 aromatic rings. The van der Waals surface area contributed by atoms with Gasteiger partial charge in [0.15, 0.2) is 0 Å². The molecule has 0 aliphatic heterocycles. The van der Waals surface area contributed by atoms with Crippen LogP contribution in [-0.4, -0.2) is 13.7 Å². The summed E-state index contributed by atoms with van der Waals surface area (Å²) in [6.45, 7) is 5.60. The van der Waals surface area contributed by atoms with Crippen molar-refractivity contribution in [3.05, 3.63) is 29.5 Å². The zero-order valence-corrected chi connectivity index (χ0v) is 10.7. The van der Waals surface area contributed by atoms with Crippen LogP contribution in [0.1, 0.15) is 25.2 Å². The van der Waals surface area contributed by atoms with Crippen LogP contribution in [0.4, 0.5) is 0 Å². The second kappa shape index (κ2) is 5.23. The number of rotatable bonds is 5. The van der Waals surface area contributed by atoms with Crippen molar-refractivity contribution in [1.82, 2.24) is 5.32 Å². The van der Waals surface area contributed by atoms with Gasteiger partial charge in [0.25, 0.3) is 0 Å². The van der Waals surface area contributed by atoms with E-state index in [0.717, 1.165) is 30.1 Å². The molecule has 3 heteroatoms. The lowest BCUT2D eigenvalue weighted by Gasteiger charge is -2.02. The van der Waals surface area contributed by atoms with Gasteiger partial charge in [0, 0.05) is 10.9 Å². The molecule has 0 saturated carbocycles. The van der Waals surface area contributed by atoms with Crippen LogP contribution in [0, 0.1) is 0 Å². The summed E-state index contributed by atoms with van der Waals surface area (Å²) >= 11 is 0. The number of ether oxygens (including phenoxy) is 1. The zero-order chi connectivity index (χ0) is 12.3. The molecule has 0 unspecified atom stereocenters. The first-order valence-corrected chi connectivity index (χ1v) is 6.11. The molecule has 1 N–H and O–H groups in total. The average molecular weight is 233 g/mol. The SMILES string of the molecule is CCOc1ccc2oc(CNC)c(CC)c2c1. The lowest BCUT2D eigenvalue weighted by molar-refractivity contribution is 0.340. The molecule has 0 fully saturated rings. The third-order valence-electron chi connectivity index (χ3n) is 2.85. The molecule has 1 aromatic carbocycles. The Morgan fingerprint density at radius 2 is 2.12 bits per heavy atom. The molecule has 0 aliphatic rings. The van der Waals surface area contributed by atoms with Crippen LogP contribution in [0.15, 0.2) is 22.6 Å². The lowest BCUT2D eigenvalue weighted by Crippen LogP contribution is -2.05. The normalized spacial score (nSPS) is 11.0. The predicted molar refractivity (Wildman–Crippen MR) is 69.5 cm³/mol. The standard InChI is InChI=1S/C14H19NO2/c1-4-11-12-8-10(16-5-2)6-7-13(12)17-14(11)9-15-3/h6-8,15H,4-5,9H2,1-3H3. The van der Waals surface area contributed by atoms with Gasteiger partial charge in [-0.25, -0.2) is 0 Å². The van der Waals surface area contributed by atoms with E-state index in [1.165, 1.54) is 10.9 Å². The summed E-state index contributed by atoms with van der Waals surface area (Å²) in [5.41, 5.74) is 2.21. The van der Waals surface area contributed by atoms with Gasteiger partial charge in [0.05, 0.1) is 13.2 Å². The van der Waals surface area contributed by atoms with Crippen molar-refractivity contribution < 1.29 is 9.15 Å². The number of benzene rings is 1. The molecule has 0 bridgehead atoms. The van der Waals surface area contributed by atoms with Crippen LogP contribution in [0.3, 0.4) is 0 Å². The fourth-order valence-electron chi connectivity index (χ4n) is 2.13. The zero-order valence-electron chi connectivity index (χ0n) is 10.7. The lowest BCUT2D eigenvalue weighted by atomic mass is 10.1. The third kappa shape index (κ3) is 2.29. The van der Waals surface area contributed by atoms with E-state index in [9.17, 15) is 0 Å². The summed E-state index contributed by atoms with van der Waals surface area (Å²) in [4.78, 5) is 0. The quantitative estimate of drug-likeness (QED) is 0.861. The molecule has 0 aliphatic carbocycles. The maximum absolute atomic E-state index is 5.85. The van der Waals surface area contributed by atoms with Crippen molar-refractivity contribution in [3.63, 3.8) is 0 Å². The highest BCUT2D eigenvalue weighted by atomic mass is 16.5. The van der Waals surface area contributed by atoms with Crippen LogP contribution in [0.2, 0.25) is 0 Å². The molecule has 92 valence electrons. The average Bonchev–Trinajstić information content (AvgIpc) is 2.67. The number of furan rings is 1. The van der Waals surface area contributed by atoms with Crippen molar-refractivity contribution >= 4 is 11.0 Å². The van der Waals surface area contributed by atoms with E-state index >= 15 is 0 Å². The Kier molecular flexibility index (Phi) is 3.69. The van der Waals surface area contributed by atoms with Crippen molar-refractivity contribution in [3.8, 4) is 5.75 Å². The van der Waals surface area contributed by atoms with Crippen molar-refractivity contribution in [2.75, 3.05) is 13.7 Å². The highest BCUT2D eigenvalue weighted by molar-refractivity contribution is 5.83. The van der Waals surface area contributed by atoms with E-state index in [0.29, 0.717) is 6.61 Å². The molecule has 0 radical (unpaired) electrons. The summed E-state index contributed by atoms with van der Waals surface area (Å²) in [6, 6.07) is 6.01. The fraction of sp³-hybridized carbons (Fsp3) is 0.429. The van der Waals surface area contributed by atoms with Crippen molar-refractivity contribution in [2.24, 2.45) is 0 Å². The molecule has 0 atom stereocenters. The monoisotopic (exact) mass is 233 g/mol. The Morgan fingerprint density at radius 3 is 2.76 bits per heavy atom. The van der Waals surface area contributed by atoms with E-state index < -0.39 is 0 Å². The molecular formula is C14H19NO2. The Morgan fingerprint density at radius 1 is 1.29 bits per heavy atom. The predicted octanol–water partition coefficient (Wildman–Crippen LogP) is 3.11. The minimum Gasteiger partial charge on any atom is -0.494 e. The summed E-state index contributed by atoms with van der Waals surface area (Å²) in [5, 5.41) is 4.30. The van der Waals surface area contributed by atoms with Gasteiger partial charge in [-0.3, -0.25) is 0 Å². The van der Waals surface area contributed by atoms with Crippen LogP contribution in [0.5, 0.6) is 5.75 Å². The molecule has 0 saturated heterocycles. The fourth-order valence-corrected chi connectivity index (χ4v) is 2.13. The highest BCUT2D eigenvalue weighted by Crippen LogP contribution is 2.29. The smallest absolute Gasteiger partial charge is 0.134 e. The number of fused-ring (bicyclic) bond motifs is 1. The first-order valence-electron chi connectivity index (χ1n) is 6.11. The topological polar surface area (TPSA) is 34.4 Å². The van der Waals surface area contributed by atoms with Crippen LogP contribution in [0.25, 0.3) is 11.0 Å². The largest absolute Gasteiger partial charge is 0.494 e. The maximum Gasteiger partial charge on any atom is 0.134 e. The summed E-state index contributed by atoms with van der Waals surface area (Å²) in [7, 11) is 1.93. The van der Waals surface area contributed by atoms with Gasteiger partial charge in [-0.2, -0.15) is 0 Å². The number of hydrogen-bond donors (Lipinski definition) is 1. The van der Waals surface area contributed by atoms with Gasteiger partial charge in [-0.05, 0) is 38.6 Å². The number of aryl methyl sites for hydroxylation is 1. The summed E-state index contributed by atoms with van der Waals surface area (Å²) < 4.78 is 11.4. The molecule has 0 amide bonds. The molecule has 1 heterocycles. The minimum absolute atomic E-state index is 0.689. The Bertz CT molecular complexity index is 502. The van der Waals surface area contributed by atoms with E-state index in [4.69, 9.17) is 9.15 Å². The summed E-state index contributed by atoms with van der Waals surface area (Å²) in [5.74, 6) is 1.94. The highest BCUT2D eigenvalue weighted by Gasteiger charge is 2.12. The number of nitrogens with one attached hydrogen (secondary N) is 1. The van der Waals surface area contributed by atoms with Gasteiger partial charge in [0.2, 0.25) is 0 Å². The molecule has 3 nitrogen and oxygen atoms in total. The minimum atomic E-state index is 0.689. The van der Waals surface area contributed by atoms with Crippen molar-refractivity contribution in [2.45, 2.75) is 26.8 Å². The summed E-state index contributed by atoms with van der Waals surface area (Å²) in [6.07, 6.45) is 0.972. The van der Waals surface area contributed by atoms with Gasteiger partial charge < -0.3 is 14.5 Å². The maximum atomic E-state index is 5.85. The Labute approximate surface area is 102 Å². The second-order valence-corrected chi connectivity index (χ2v) is 3.98. The van der Waals surface area contributed by atoms with E-state index in [1.807, 2.05) is 26.1 Å². The molecule has 2 rings (SSSR count). The molecule has 0 spiro atoms. The molecular weight excluding hydrogens is 214 g/mol. The van der Waals surface area contributed by atoms with E-state index in [2.05, 4.69) is 18.3 Å². The first kappa shape index (κ1) is 12.0.